The highest BCUT2D eigenvalue weighted by Gasteiger charge is 2.18. The van der Waals surface area contributed by atoms with Crippen LogP contribution in [0.25, 0.3) is 5.69 Å². The Hall–Kier alpha value is -1.81. The van der Waals surface area contributed by atoms with E-state index < -0.39 is 0 Å². The van der Waals surface area contributed by atoms with E-state index in [9.17, 15) is 0 Å². The zero-order valence-corrected chi connectivity index (χ0v) is 11.1. The molecular weight excluding hydrogens is 238 g/mol. The van der Waals surface area contributed by atoms with Gasteiger partial charge in [0.1, 0.15) is 0 Å². The number of hydrogen-bond donors (Lipinski definition) is 1. The third-order valence-corrected chi connectivity index (χ3v) is 3.47. The summed E-state index contributed by atoms with van der Waals surface area (Å²) in [5, 5.41) is 7.85. The maximum absolute atomic E-state index is 5.57. The Bertz CT molecular complexity index is 524. The first-order valence-electron chi connectivity index (χ1n) is 6.79. The molecule has 100 valence electrons. The van der Waals surface area contributed by atoms with Gasteiger partial charge in [-0.15, -0.1) is 0 Å². The summed E-state index contributed by atoms with van der Waals surface area (Å²) in [5.41, 5.74) is 2.22. The van der Waals surface area contributed by atoms with Gasteiger partial charge in [0.25, 0.3) is 0 Å². The van der Waals surface area contributed by atoms with Gasteiger partial charge in [-0.05, 0) is 44.0 Å². The first-order valence-corrected chi connectivity index (χ1v) is 6.79. The van der Waals surface area contributed by atoms with Crippen LogP contribution in [0.5, 0.6) is 0 Å². The zero-order chi connectivity index (χ0) is 13.1. The molecule has 2 atom stereocenters. The Morgan fingerprint density at radius 2 is 2.32 bits per heavy atom. The van der Waals surface area contributed by atoms with Crippen molar-refractivity contribution in [3.63, 3.8) is 0 Å². The average Bonchev–Trinajstić information content (AvgIpc) is 2.93. The number of nitrogens with one attached hydrogen (secondary N) is 1. The van der Waals surface area contributed by atoms with Crippen LogP contribution >= 0.6 is 0 Å². The van der Waals surface area contributed by atoms with Crippen molar-refractivity contribution < 1.29 is 4.74 Å². The van der Waals surface area contributed by atoms with E-state index in [0.717, 1.165) is 30.8 Å². The summed E-state index contributed by atoms with van der Waals surface area (Å²) in [6.07, 6.45) is 6.22. The van der Waals surface area contributed by atoms with Crippen molar-refractivity contribution >= 4 is 5.69 Å². The highest BCUT2D eigenvalue weighted by atomic mass is 16.5. The molecule has 0 saturated carbocycles. The molecule has 0 spiro atoms. The van der Waals surface area contributed by atoms with Gasteiger partial charge in [0, 0.05) is 30.7 Å². The summed E-state index contributed by atoms with van der Waals surface area (Å²) in [6, 6.07) is 10.8. The van der Waals surface area contributed by atoms with Crippen molar-refractivity contribution in [2.24, 2.45) is 0 Å². The van der Waals surface area contributed by atoms with E-state index >= 15 is 0 Å². The van der Waals surface area contributed by atoms with Crippen molar-refractivity contribution in [2.45, 2.75) is 31.9 Å². The van der Waals surface area contributed by atoms with Crippen LogP contribution in [0.1, 0.15) is 19.8 Å². The van der Waals surface area contributed by atoms with Gasteiger partial charge < -0.3 is 10.1 Å². The molecule has 2 heterocycles. The standard InChI is InChI=1S/C15H19N3O/c1-12-10-14(6-9-19-12)17-13-4-2-5-15(11-13)18-8-3-7-16-18/h2-5,7-8,11-12,14,17H,6,9-10H2,1H3. The number of hydrogen-bond acceptors (Lipinski definition) is 3. The molecule has 4 nitrogen and oxygen atoms in total. The smallest absolute Gasteiger partial charge is 0.0666 e. The van der Waals surface area contributed by atoms with E-state index in [0.29, 0.717) is 12.1 Å². The summed E-state index contributed by atoms with van der Waals surface area (Å²) >= 11 is 0. The van der Waals surface area contributed by atoms with E-state index in [1.165, 1.54) is 0 Å². The maximum atomic E-state index is 5.57. The molecule has 0 amide bonds. The Morgan fingerprint density at radius 1 is 1.37 bits per heavy atom. The summed E-state index contributed by atoms with van der Waals surface area (Å²) in [4.78, 5) is 0. The quantitative estimate of drug-likeness (QED) is 0.919. The van der Waals surface area contributed by atoms with Gasteiger partial charge in [0.2, 0.25) is 0 Å². The van der Waals surface area contributed by atoms with Crippen LogP contribution in [0, 0.1) is 0 Å². The van der Waals surface area contributed by atoms with E-state index in [4.69, 9.17) is 4.74 Å². The first kappa shape index (κ1) is 12.2. The molecule has 19 heavy (non-hydrogen) atoms. The molecule has 2 unspecified atom stereocenters. The molecular formula is C15H19N3O. The van der Waals surface area contributed by atoms with E-state index in [-0.39, 0.29) is 0 Å². The molecule has 1 aliphatic rings. The van der Waals surface area contributed by atoms with E-state index in [1.807, 2.05) is 16.9 Å². The second-order valence-electron chi connectivity index (χ2n) is 5.05. The number of anilines is 1. The summed E-state index contributed by atoms with van der Waals surface area (Å²) in [7, 11) is 0. The van der Waals surface area contributed by atoms with Crippen LogP contribution in [0.4, 0.5) is 5.69 Å². The number of benzene rings is 1. The van der Waals surface area contributed by atoms with Crippen LogP contribution in [-0.2, 0) is 4.74 Å². The highest BCUT2D eigenvalue weighted by molar-refractivity contribution is 5.51. The zero-order valence-electron chi connectivity index (χ0n) is 11.1. The second kappa shape index (κ2) is 5.45. The lowest BCUT2D eigenvalue weighted by molar-refractivity contribution is 0.0232. The fourth-order valence-electron chi connectivity index (χ4n) is 2.52. The predicted octanol–water partition coefficient (Wildman–Crippen LogP) is 2.85. The molecule has 0 bridgehead atoms. The van der Waals surface area contributed by atoms with Crippen LogP contribution in [0.3, 0.4) is 0 Å². The molecule has 1 aromatic heterocycles. The monoisotopic (exact) mass is 257 g/mol. The van der Waals surface area contributed by atoms with Gasteiger partial charge in [-0.3, -0.25) is 0 Å². The van der Waals surface area contributed by atoms with Crippen LogP contribution in [0.2, 0.25) is 0 Å². The van der Waals surface area contributed by atoms with Crippen LogP contribution in [-0.4, -0.2) is 28.5 Å². The molecule has 0 radical (unpaired) electrons. The molecule has 4 heteroatoms. The largest absolute Gasteiger partial charge is 0.382 e. The number of aromatic nitrogens is 2. The maximum Gasteiger partial charge on any atom is 0.0666 e. The van der Waals surface area contributed by atoms with Crippen molar-refractivity contribution in [2.75, 3.05) is 11.9 Å². The van der Waals surface area contributed by atoms with Gasteiger partial charge >= 0.3 is 0 Å². The fourth-order valence-corrected chi connectivity index (χ4v) is 2.52. The van der Waals surface area contributed by atoms with Crippen molar-refractivity contribution in [3.05, 3.63) is 42.7 Å². The molecule has 3 rings (SSSR count). The molecule has 1 aromatic carbocycles. The third-order valence-electron chi connectivity index (χ3n) is 3.47. The normalized spacial score (nSPS) is 23.2. The first-order chi connectivity index (χ1) is 9.31. The van der Waals surface area contributed by atoms with E-state index in [1.54, 1.807) is 6.20 Å². The Kier molecular flexibility index (Phi) is 3.51. The molecule has 1 aliphatic heterocycles. The summed E-state index contributed by atoms with van der Waals surface area (Å²) in [6.45, 7) is 2.98. The highest BCUT2D eigenvalue weighted by Crippen LogP contribution is 2.20. The number of rotatable bonds is 3. The molecule has 2 aromatic rings. The predicted molar refractivity (Wildman–Crippen MR) is 75.6 cm³/mol. The fraction of sp³-hybridized carbons (Fsp3) is 0.400. The molecule has 1 N–H and O–H groups in total. The lowest BCUT2D eigenvalue weighted by atomic mass is 10.0. The van der Waals surface area contributed by atoms with Gasteiger partial charge in [0.05, 0.1) is 11.8 Å². The topological polar surface area (TPSA) is 39.1 Å². The van der Waals surface area contributed by atoms with Crippen LogP contribution < -0.4 is 5.32 Å². The summed E-state index contributed by atoms with van der Waals surface area (Å²) in [5.74, 6) is 0. The number of nitrogens with zero attached hydrogens (tertiary/aromatic N) is 2. The summed E-state index contributed by atoms with van der Waals surface area (Å²) < 4.78 is 7.45. The minimum atomic E-state index is 0.348. The third kappa shape index (κ3) is 2.96. The molecule has 1 saturated heterocycles. The van der Waals surface area contributed by atoms with Gasteiger partial charge in [-0.2, -0.15) is 5.10 Å². The lowest BCUT2D eigenvalue weighted by Gasteiger charge is -2.28. The van der Waals surface area contributed by atoms with Gasteiger partial charge in [-0.25, -0.2) is 4.68 Å². The Morgan fingerprint density at radius 3 is 3.11 bits per heavy atom. The van der Waals surface area contributed by atoms with Crippen molar-refractivity contribution in [1.29, 1.82) is 0 Å². The minimum absolute atomic E-state index is 0.348. The Balaban J connectivity index is 1.73. The van der Waals surface area contributed by atoms with Crippen molar-refractivity contribution in [3.8, 4) is 5.69 Å². The van der Waals surface area contributed by atoms with Gasteiger partial charge in [0.15, 0.2) is 0 Å². The lowest BCUT2D eigenvalue weighted by Crippen LogP contribution is -2.32. The van der Waals surface area contributed by atoms with E-state index in [2.05, 4.69) is 41.6 Å². The Labute approximate surface area is 113 Å². The average molecular weight is 257 g/mol. The minimum Gasteiger partial charge on any atom is -0.382 e. The molecule has 1 fully saturated rings. The molecule has 0 aliphatic carbocycles. The van der Waals surface area contributed by atoms with Gasteiger partial charge in [-0.1, -0.05) is 6.07 Å². The number of ether oxygens (including phenoxy) is 1. The van der Waals surface area contributed by atoms with Crippen LogP contribution in [0.15, 0.2) is 42.7 Å². The SMILES string of the molecule is CC1CC(Nc2cccc(-n3cccn3)c2)CCO1. The van der Waals surface area contributed by atoms with Crippen molar-refractivity contribution in [1.82, 2.24) is 9.78 Å². The second-order valence-corrected chi connectivity index (χ2v) is 5.05.